The number of H-pyrrole nitrogens is 1. The molecule has 0 bridgehead atoms. The Morgan fingerprint density at radius 3 is 2.67 bits per heavy atom. The lowest BCUT2D eigenvalue weighted by molar-refractivity contribution is -0.114. The molecule has 2 aromatic rings. The van der Waals surface area contributed by atoms with E-state index in [2.05, 4.69) is 26.1 Å². The lowest BCUT2D eigenvalue weighted by Crippen LogP contribution is -2.19. The normalized spacial score (nSPS) is 13.2. The summed E-state index contributed by atoms with van der Waals surface area (Å²) in [5.74, 6) is 1.35. The largest absolute Gasteiger partial charge is 0.495 e. The third kappa shape index (κ3) is 3.83. The van der Waals surface area contributed by atoms with Crippen molar-refractivity contribution in [1.82, 2.24) is 10.2 Å². The quantitative estimate of drug-likeness (QED) is 0.676. The number of rotatable bonds is 5. The molecule has 3 rings (SSSR count). The third-order valence-corrected chi connectivity index (χ3v) is 3.61. The van der Waals surface area contributed by atoms with E-state index in [0.717, 1.165) is 18.5 Å². The second-order valence-electron chi connectivity index (χ2n) is 5.66. The van der Waals surface area contributed by atoms with Gasteiger partial charge in [0, 0.05) is 24.6 Å². The number of methoxy groups -OCH3 is 1. The molecule has 1 aromatic heterocycles. The monoisotopic (exact) mass is 329 g/mol. The SMILES string of the molecule is COc1ccc(NC(=O)Nc2cc(C3CC3)n[nH]2)cc1NC(C)=O. The van der Waals surface area contributed by atoms with Gasteiger partial charge in [0.05, 0.1) is 18.5 Å². The zero-order valence-electron chi connectivity index (χ0n) is 13.5. The number of aromatic nitrogens is 2. The van der Waals surface area contributed by atoms with Crippen molar-refractivity contribution in [3.63, 3.8) is 0 Å². The molecule has 3 amide bonds. The number of carbonyl (C=O) groups excluding carboxylic acids is 2. The summed E-state index contributed by atoms with van der Waals surface area (Å²) in [5, 5.41) is 15.0. The first-order chi connectivity index (χ1) is 11.5. The summed E-state index contributed by atoms with van der Waals surface area (Å²) in [6, 6.07) is 6.42. The zero-order valence-corrected chi connectivity index (χ0v) is 13.5. The number of urea groups is 1. The first-order valence-corrected chi connectivity index (χ1v) is 7.64. The van der Waals surface area contributed by atoms with Crippen molar-refractivity contribution in [3.8, 4) is 5.75 Å². The van der Waals surface area contributed by atoms with Crippen molar-refractivity contribution in [1.29, 1.82) is 0 Å². The van der Waals surface area contributed by atoms with Crippen molar-refractivity contribution < 1.29 is 14.3 Å². The van der Waals surface area contributed by atoms with Gasteiger partial charge in [0.1, 0.15) is 11.6 Å². The number of amides is 3. The number of benzene rings is 1. The van der Waals surface area contributed by atoms with E-state index in [1.807, 2.05) is 6.07 Å². The van der Waals surface area contributed by atoms with Crippen LogP contribution in [0.15, 0.2) is 24.3 Å². The maximum absolute atomic E-state index is 12.1. The Labute approximate surface area is 139 Å². The third-order valence-electron chi connectivity index (χ3n) is 3.61. The van der Waals surface area contributed by atoms with E-state index in [1.54, 1.807) is 18.2 Å². The minimum atomic E-state index is -0.403. The molecule has 1 fully saturated rings. The highest BCUT2D eigenvalue weighted by molar-refractivity contribution is 6.00. The van der Waals surface area contributed by atoms with Crippen LogP contribution < -0.4 is 20.7 Å². The first-order valence-electron chi connectivity index (χ1n) is 7.64. The van der Waals surface area contributed by atoms with Crippen LogP contribution in [0, 0.1) is 0 Å². The Morgan fingerprint density at radius 1 is 1.21 bits per heavy atom. The minimum Gasteiger partial charge on any atom is -0.495 e. The summed E-state index contributed by atoms with van der Waals surface area (Å²) in [5.41, 5.74) is 1.99. The second-order valence-corrected chi connectivity index (χ2v) is 5.66. The maximum Gasteiger partial charge on any atom is 0.324 e. The molecule has 126 valence electrons. The highest BCUT2D eigenvalue weighted by Crippen LogP contribution is 2.39. The molecule has 24 heavy (non-hydrogen) atoms. The smallest absolute Gasteiger partial charge is 0.324 e. The van der Waals surface area contributed by atoms with Gasteiger partial charge in [0.25, 0.3) is 0 Å². The number of nitrogens with one attached hydrogen (secondary N) is 4. The molecule has 0 unspecified atom stereocenters. The molecule has 1 aliphatic rings. The number of ether oxygens (including phenoxy) is 1. The Morgan fingerprint density at radius 2 is 2.00 bits per heavy atom. The number of hydrogen-bond acceptors (Lipinski definition) is 4. The fraction of sp³-hybridized carbons (Fsp3) is 0.312. The second kappa shape index (κ2) is 6.61. The van der Waals surface area contributed by atoms with Crippen LogP contribution >= 0.6 is 0 Å². The van der Waals surface area contributed by atoms with Crippen molar-refractivity contribution >= 4 is 29.1 Å². The maximum atomic E-state index is 12.1. The topological polar surface area (TPSA) is 108 Å². The summed E-state index contributed by atoms with van der Waals surface area (Å²) in [6.45, 7) is 1.40. The Balaban J connectivity index is 1.65. The van der Waals surface area contributed by atoms with E-state index in [9.17, 15) is 9.59 Å². The van der Waals surface area contributed by atoms with Gasteiger partial charge in [-0.1, -0.05) is 0 Å². The fourth-order valence-corrected chi connectivity index (χ4v) is 2.35. The summed E-state index contributed by atoms with van der Waals surface area (Å²) < 4.78 is 5.18. The Kier molecular flexibility index (Phi) is 4.37. The van der Waals surface area contributed by atoms with E-state index < -0.39 is 6.03 Å². The molecule has 1 aromatic carbocycles. The summed E-state index contributed by atoms with van der Waals surface area (Å²) in [7, 11) is 1.51. The van der Waals surface area contributed by atoms with Crippen LogP contribution in [0.25, 0.3) is 0 Å². The standard InChI is InChI=1S/C16H19N5O3/c1-9(22)17-13-7-11(5-6-14(13)24-2)18-16(23)19-15-8-12(20-21-15)10-3-4-10/h5-8,10H,3-4H2,1-2H3,(H,17,22)(H3,18,19,20,21,23). The molecule has 0 saturated heterocycles. The van der Waals surface area contributed by atoms with Gasteiger partial charge in [0.2, 0.25) is 5.91 Å². The molecule has 1 aliphatic carbocycles. The molecule has 0 spiro atoms. The van der Waals surface area contributed by atoms with E-state index in [0.29, 0.717) is 28.9 Å². The van der Waals surface area contributed by atoms with Crippen molar-refractivity contribution in [2.24, 2.45) is 0 Å². The lowest BCUT2D eigenvalue weighted by Gasteiger charge is -2.12. The van der Waals surface area contributed by atoms with Crippen LogP contribution in [-0.4, -0.2) is 29.2 Å². The molecule has 0 radical (unpaired) electrons. The molecule has 1 heterocycles. The van der Waals surface area contributed by atoms with Crippen LogP contribution in [0.4, 0.5) is 22.0 Å². The van der Waals surface area contributed by atoms with Gasteiger partial charge in [-0.05, 0) is 31.0 Å². The van der Waals surface area contributed by atoms with E-state index in [4.69, 9.17) is 4.74 Å². The first kappa shape index (κ1) is 15.9. The molecular weight excluding hydrogens is 310 g/mol. The van der Waals surface area contributed by atoms with E-state index in [1.165, 1.54) is 14.0 Å². The van der Waals surface area contributed by atoms with Crippen LogP contribution in [-0.2, 0) is 4.79 Å². The molecular formula is C16H19N5O3. The van der Waals surface area contributed by atoms with Gasteiger partial charge in [-0.25, -0.2) is 4.79 Å². The molecule has 4 N–H and O–H groups in total. The zero-order chi connectivity index (χ0) is 17.1. The number of hydrogen-bond donors (Lipinski definition) is 4. The average molecular weight is 329 g/mol. The van der Waals surface area contributed by atoms with Crippen LogP contribution in [0.2, 0.25) is 0 Å². The number of nitrogens with zero attached hydrogens (tertiary/aromatic N) is 1. The van der Waals surface area contributed by atoms with Gasteiger partial charge in [0.15, 0.2) is 0 Å². The molecule has 1 saturated carbocycles. The highest BCUT2D eigenvalue weighted by Gasteiger charge is 2.26. The summed E-state index contributed by atoms with van der Waals surface area (Å²) >= 11 is 0. The minimum absolute atomic E-state index is 0.222. The number of aromatic amines is 1. The predicted molar refractivity (Wildman–Crippen MR) is 90.5 cm³/mol. The van der Waals surface area contributed by atoms with Gasteiger partial charge in [-0.3, -0.25) is 15.2 Å². The molecule has 0 atom stereocenters. The van der Waals surface area contributed by atoms with Crippen molar-refractivity contribution in [2.75, 3.05) is 23.1 Å². The van der Waals surface area contributed by atoms with Crippen LogP contribution in [0.3, 0.4) is 0 Å². The van der Waals surface area contributed by atoms with Crippen molar-refractivity contribution in [3.05, 3.63) is 30.0 Å². The average Bonchev–Trinajstić information content (AvgIpc) is 3.27. The number of carbonyl (C=O) groups is 2. The molecule has 8 heteroatoms. The van der Waals surface area contributed by atoms with E-state index in [-0.39, 0.29) is 5.91 Å². The van der Waals surface area contributed by atoms with Gasteiger partial charge in [-0.2, -0.15) is 5.10 Å². The Bertz CT molecular complexity index is 767. The van der Waals surface area contributed by atoms with Crippen LogP contribution in [0.5, 0.6) is 5.75 Å². The van der Waals surface area contributed by atoms with Crippen molar-refractivity contribution in [2.45, 2.75) is 25.7 Å². The molecule has 0 aliphatic heterocycles. The lowest BCUT2D eigenvalue weighted by atomic mass is 10.2. The highest BCUT2D eigenvalue weighted by atomic mass is 16.5. The Hall–Kier alpha value is -3.03. The molecule has 8 nitrogen and oxygen atoms in total. The van der Waals surface area contributed by atoms with Gasteiger partial charge < -0.3 is 15.4 Å². The summed E-state index contributed by atoms with van der Waals surface area (Å²) in [6.07, 6.45) is 2.29. The van der Waals surface area contributed by atoms with E-state index >= 15 is 0 Å². The van der Waals surface area contributed by atoms with Gasteiger partial charge in [-0.15, -0.1) is 0 Å². The van der Waals surface area contributed by atoms with Gasteiger partial charge >= 0.3 is 6.03 Å². The van der Waals surface area contributed by atoms with Crippen LogP contribution in [0.1, 0.15) is 31.4 Å². The predicted octanol–water partition coefficient (Wildman–Crippen LogP) is 2.90. The number of anilines is 3. The fourth-order valence-electron chi connectivity index (χ4n) is 2.35. The summed E-state index contributed by atoms with van der Waals surface area (Å²) in [4.78, 5) is 23.3.